The third-order valence-corrected chi connectivity index (χ3v) is 4.48. The first kappa shape index (κ1) is 18.4. The van der Waals surface area contributed by atoms with E-state index in [-0.39, 0.29) is 11.9 Å². The van der Waals surface area contributed by atoms with Crippen LogP contribution in [0.3, 0.4) is 0 Å². The quantitative estimate of drug-likeness (QED) is 0.825. The zero-order valence-electron chi connectivity index (χ0n) is 14.0. The first-order chi connectivity index (χ1) is 11.4. The van der Waals surface area contributed by atoms with Gasteiger partial charge in [0.15, 0.2) is 0 Å². The second-order valence-corrected chi connectivity index (χ2v) is 6.01. The molecule has 0 spiro atoms. The highest BCUT2D eigenvalue weighted by Crippen LogP contribution is 2.14. The Morgan fingerprint density at radius 1 is 1.25 bits per heavy atom. The van der Waals surface area contributed by atoms with Gasteiger partial charge in [-0.05, 0) is 31.5 Å². The second-order valence-electron chi connectivity index (χ2n) is 6.01. The van der Waals surface area contributed by atoms with Gasteiger partial charge in [-0.25, -0.2) is 4.39 Å². The smallest absolute Gasteiger partial charge is 0.320 e. The van der Waals surface area contributed by atoms with Crippen LogP contribution in [0, 0.1) is 5.82 Å². The molecule has 2 atom stereocenters. The second kappa shape index (κ2) is 8.21. The van der Waals surface area contributed by atoms with Crippen molar-refractivity contribution in [1.82, 2.24) is 9.80 Å². The summed E-state index contributed by atoms with van der Waals surface area (Å²) in [4.78, 5) is 27.5. The molecule has 0 aliphatic carbocycles. The molecule has 1 heterocycles. The molecule has 1 fully saturated rings. The van der Waals surface area contributed by atoms with Crippen LogP contribution in [0.25, 0.3) is 0 Å². The van der Waals surface area contributed by atoms with E-state index in [1.54, 1.807) is 19.1 Å². The van der Waals surface area contributed by atoms with Gasteiger partial charge in [0.25, 0.3) is 0 Å². The minimum Gasteiger partial charge on any atom is -0.480 e. The van der Waals surface area contributed by atoms with Crippen LogP contribution in [0.5, 0.6) is 0 Å². The number of carboxylic acids is 1. The summed E-state index contributed by atoms with van der Waals surface area (Å²) < 4.78 is 13.2. The maximum atomic E-state index is 13.2. The Morgan fingerprint density at radius 3 is 2.42 bits per heavy atom. The maximum absolute atomic E-state index is 13.2. The van der Waals surface area contributed by atoms with Gasteiger partial charge >= 0.3 is 5.97 Å². The number of nitrogens with zero attached hydrogens (tertiary/aromatic N) is 2. The zero-order chi connectivity index (χ0) is 17.7. The van der Waals surface area contributed by atoms with Crippen LogP contribution in [0.4, 0.5) is 10.1 Å². The third-order valence-electron chi connectivity index (χ3n) is 4.48. The number of carbonyl (C=O) groups is 2. The van der Waals surface area contributed by atoms with E-state index < -0.39 is 17.8 Å². The molecule has 1 amide bonds. The molecule has 24 heavy (non-hydrogen) atoms. The average molecular weight is 337 g/mol. The monoisotopic (exact) mass is 337 g/mol. The van der Waals surface area contributed by atoms with Crippen molar-refractivity contribution < 1.29 is 19.1 Å². The molecule has 1 aromatic rings. The van der Waals surface area contributed by atoms with E-state index in [2.05, 4.69) is 5.32 Å². The molecular weight excluding hydrogens is 313 g/mol. The molecule has 6 nitrogen and oxygen atoms in total. The Labute approximate surface area is 141 Å². The van der Waals surface area contributed by atoms with Crippen LogP contribution < -0.4 is 5.32 Å². The number of carboxylic acid groups (broad SMARTS) is 1. The molecule has 0 bridgehead atoms. The fourth-order valence-corrected chi connectivity index (χ4v) is 3.00. The van der Waals surface area contributed by atoms with Crippen molar-refractivity contribution in [2.45, 2.75) is 32.4 Å². The van der Waals surface area contributed by atoms with Gasteiger partial charge in [-0.2, -0.15) is 0 Å². The summed E-state index contributed by atoms with van der Waals surface area (Å²) in [7, 11) is 0. The lowest BCUT2D eigenvalue weighted by Gasteiger charge is -2.39. The summed E-state index contributed by atoms with van der Waals surface area (Å²) in [5.41, 5.74) is 0.433. The lowest BCUT2D eigenvalue weighted by Crippen LogP contribution is -2.56. The van der Waals surface area contributed by atoms with Crippen molar-refractivity contribution >= 4 is 17.6 Å². The van der Waals surface area contributed by atoms with Crippen LogP contribution in [-0.2, 0) is 9.59 Å². The number of amides is 1. The van der Waals surface area contributed by atoms with E-state index in [0.717, 1.165) is 0 Å². The van der Waals surface area contributed by atoms with Crippen LogP contribution in [0.15, 0.2) is 24.3 Å². The van der Waals surface area contributed by atoms with E-state index >= 15 is 0 Å². The Kier molecular flexibility index (Phi) is 6.28. The fourth-order valence-electron chi connectivity index (χ4n) is 3.00. The van der Waals surface area contributed by atoms with Crippen molar-refractivity contribution in [3.05, 3.63) is 30.1 Å². The predicted octanol–water partition coefficient (Wildman–Crippen LogP) is 1.63. The number of benzene rings is 1. The van der Waals surface area contributed by atoms with Gasteiger partial charge in [0, 0.05) is 31.9 Å². The number of anilines is 1. The molecule has 1 aliphatic heterocycles. The number of nitrogens with one attached hydrogen (secondary N) is 1. The third kappa shape index (κ3) is 4.52. The van der Waals surface area contributed by atoms with E-state index in [0.29, 0.717) is 38.3 Å². The van der Waals surface area contributed by atoms with Gasteiger partial charge in [0.1, 0.15) is 11.9 Å². The van der Waals surface area contributed by atoms with Crippen molar-refractivity contribution in [1.29, 1.82) is 0 Å². The van der Waals surface area contributed by atoms with E-state index in [9.17, 15) is 19.1 Å². The summed E-state index contributed by atoms with van der Waals surface area (Å²) in [6, 6.07) is 4.96. The number of carbonyl (C=O) groups excluding carboxylic acids is 1. The SMILES string of the molecule is CC[C@@H](C(=O)O)N1CCN([C@H](C)C(=O)Nc2cccc(F)c2)CC1. The highest BCUT2D eigenvalue weighted by atomic mass is 19.1. The number of hydrogen-bond donors (Lipinski definition) is 2. The molecule has 2 rings (SSSR count). The largest absolute Gasteiger partial charge is 0.480 e. The lowest BCUT2D eigenvalue weighted by atomic mass is 10.1. The first-order valence-corrected chi connectivity index (χ1v) is 8.19. The minimum atomic E-state index is -0.803. The molecule has 2 N–H and O–H groups in total. The number of hydrogen-bond acceptors (Lipinski definition) is 4. The summed E-state index contributed by atoms with van der Waals surface area (Å²) >= 11 is 0. The van der Waals surface area contributed by atoms with Crippen LogP contribution >= 0.6 is 0 Å². The molecule has 7 heteroatoms. The van der Waals surface area contributed by atoms with Crippen LogP contribution in [0.1, 0.15) is 20.3 Å². The highest BCUT2D eigenvalue weighted by molar-refractivity contribution is 5.94. The number of piperazine rings is 1. The minimum absolute atomic E-state index is 0.195. The van der Waals surface area contributed by atoms with Gasteiger partial charge in [0.2, 0.25) is 5.91 Å². The first-order valence-electron chi connectivity index (χ1n) is 8.19. The lowest BCUT2D eigenvalue weighted by molar-refractivity contribution is -0.144. The standard InChI is InChI=1S/C17H24FN3O3/c1-3-15(17(23)24)21-9-7-20(8-10-21)12(2)16(22)19-14-6-4-5-13(18)11-14/h4-6,11-12,15H,3,7-10H2,1-2H3,(H,19,22)(H,23,24)/t12-,15+/m1/s1. The van der Waals surface area contributed by atoms with E-state index in [1.807, 2.05) is 16.7 Å². The Balaban J connectivity index is 1.89. The molecule has 0 aromatic heterocycles. The van der Waals surface area contributed by atoms with Gasteiger partial charge in [-0.3, -0.25) is 19.4 Å². The summed E-state index contributed by atoms with van der Waals surface area (Å²) in [6.07, 6.45) is 0.560. The fraction of sp³-hybridized carbons (Fsp3) is 0.529. The normalized spacial score (nSPS) is 18.8. The zero-order valence-corrected chi connectivity index (χ0v) is 14.0. The predicted molar refractivity (Wildman–Crippen MR) is 89.4 cm³/mol. The van der Waals surface area contributed by atoms with Crippen molar-refractivity contribution in [2.24, 2.45) is 0 Å². The number of rotatable bonds is 6. The Hall–Kier alpha value is -1.99. The molecule has 132 valence electrons. The Morgan fingerprint density at radius 2 is 1.88 bits per heavy atom. The van der Waals surface area contributed by atoms with Crippen molar-refractivity contribution in [3.63, 3.8) is 0 Å². The van der Waals surface area contributed by atoms with Gasteiger partial charge in [-0.1, -0.05) is 13.0 Å². The molecule has 0 radical (unpaired) electrons. The summed E-state index contributed by atoms with van der Waals surface area (Å²) in [6.45, 7) is 6.15. The van der Waals surface area contributed by atoms with Gasteiger partial charge in [0.05, 0.1) is 6.04 Å². The molecule has 1 aromatic carbocycles. The molecule has 1 saturated heterocycles. The van der Waals surface area contributed by atoms with E-state index in [4.69, 9.17) is 0 Å². The van der Waals surface area contributed by atoms with Crippen LogP contribution in [0.2, 0.25) is 0 Å². The Bertz CT molecular complexity index is 588. The van der Waals surface area contributed by atoms with Gasteiger partial charge in [-0.15, -0.1) is 0 Å². The maximum Gasteiger partial charge on any atom is 0.320 e. The molecule has 0 unspecified atom stereocenters. The number of halogens is 1. The topological polar surface area (TPSA) is 72.9 Å². The average Bonchev–Trinajstić information content (AvgIpc) is 2.55. The summed E-state index contributed by atoms with van der Waals surface area (Å²) in [5.74, 6) is -1.39. The summed E-state index contributed by atoms with van der Waals surface area (Å²) in [5, 5.41) is 11.9. The molecule has 0 saturated carbocycles. The van der Waals surface area contributed by atoms with Gasteiger partial charge < -0.3 is 10.4 Å². The number of aliphatic carboxylic acids is 1. The highest BCUT2D eigenvalue weighted by Gasteiger charge is 2.30. The van der Waals surface area contributed by atoms with Crippen molar-refractivity contribution in [2.75, 3.05) is 31.5 Å². The van der Waals surface area contributed by atoms with Crippen LogP contribution in [-0.4, -0.2) is 65.0 Å². The van der Waals surface area contributed by atoms with E-state index in [1.165, 1.54) is 12.1 Å². The molecular formula is C17H24FN3O3. The molecule has 1 aliphatic rings. The van der Waals surface area contributed by atoms with Crippen molar-refractivity contribution in [3.8, 4) is 0 Å².